The van der Waals surface area contributed by atoms with Crippen LogP contribution in [0.5, 0.6) is 5.75 Å². The number of hydrogen-bond donors (Lipinski definition) is 1. The van der Waals surface area contributed by atoms with Crippen LogP contribution in [0.1, 0.15) is 18.3 Å². The number of aromatic nitrogens is 2. The zero-order chi connectivity index (χ0) is 13.5. The highest BCUT2D eigenvalue weighted by molar-refractivity contribution is 5.34. The van der Waals surface area contributed by atoms with Crippen LogP contribution in [0.2, 0.25) is 0 Å². The highest BCUT2D eigenvalue weighted by Crippen LogP contribution is 2.23. The second-order valence-corrected chi connectivity index (χ2v) is 3.96. The van der Waals surface area contributed by atoms with Gasteiger partial charge in [0.2, 0.25) is 0 Å². The molecular weight excluding hydrogens is 245 g/mol. The van der Waals surface area contributed by atoms with Crippen LogP contribution in [-0.4, -0.2) is 16.5 Å². The van der Waals surface area contributed by atoms with E-state index in [0.717, 1.165) is 12.1 Å². The van der Waals surface area contributed by atoms with Crippen molar-refractivity contribution in [2.24, 2.45) is 0 Å². The first-order chi connectivity index (χ1) is 9.31. The summed E-state index contributed by atoms with van der Waals surface area (Å²) in [6.07, 6.45) is 3.26. The maximum Gasteiger partial charge on any atom is 0.166 e. The highest BCUT2D eigenvalue weighted by Gasteiger charge is 2.10. The van der Waals surface area contributed by atoms with Crippen molar-refractivity contribution >= 4 is 0 Å². The normalized spacial score (nSPS) is 10.4. The van der Waals surface area contributed by atoms with Gasteiger partial charge in [0.25, 0.3) is 0 Å². The molecular formula is C14H16FN3O. The van der Waals surface area contributed by atoms with Crippen LogP contribution in [0.4, 0.5) is 4.39 Å². The molecule has 100 valence electrons. The number of benzene rings is 1. The Balaban J connectivity index is 2.10. The summed E-state index contributed by atoms with van der Waals surface area (Å²) in [5.41, 5.74) is 0.790. The van der Waals surface area contributed by atoms with Gasteiger partial charge in [0.15, 0.2) is 17.4 Å². The summed E-state index contributed by atoms with van der Waals surface area (Å²) in [4.78, 5) is 8.08. The third-order valence-corrected chi connectivity index (χ3v) is 2.58. The molecule has 5 heteroatoms. The van der Waals surface area contributed by atoms with E-state index in [4.69, 9.17) is 4.74 Å². The average Bonchev–Trinajstić information content (AvgIpc) is 2.45. The fourth-order valence-corrected chi connectivity index (χ4v) is 1.66. The number of ether oxygens (including phenoxy) is 1. The van der Waals surface area contributed by atoms with Gasteiger partial charge in [-0.3, -0.25) is 0 Å². The third kappa shape index (κ3) is 3.72. The first-order valence-electron chi connectivity index (χ1n) is 6.18. The van der Waals surface area contributed by atoms with Crippen LogP contribution >= 0.6 is 0 Å². The lowest BCUT2D eigenvalue weighted by atomic mass is 10.2. The van der Waals surface area contributed by atoms with Crippen molar-refractivity contribution in [1.82, 2.24) is 15.3 Å². The van der Waals surface area contributed by atoms with Gasteiger partial charge in [-0.25, -0.2) is 14.4 Å². The lowest BCUT2D eigenvalue weighted by Gasteiger charge is -2.12. The predicted molar refractivity (Wildman–Crippen MR) is 70.1 cm³/mol. The molecule has 0 amide bonds. The van der Waals surface area contributed by atoms with Crippen molar-refractivity contribution in [2.75, 3.05) is 6.54 Å². The topological polar surface area (TPSA) is 47.0 Å². The zero-order valence-electron chi connectivity index (χ0n) is 10.8. The van der Waals surface area contributed by atoms with Crippen LogP contribution in [0.15, 0.2) is 36.7 Å². The van der Waals surface area contributed by atoms with E-state index in [1.54, 1.807) is 24.5 Å². The van der Waals surface area contributed by atoms with E-state index in [0.29, 0.717) is 12.4 Å². The van der Waals surface area contributed by atoms with Crippen molar-refractivity contribution in [3.8, 4) is 5.75 Å². The van der Waals surface area contributed by atoms with Crippen LogP contribution in [0.25, 0.3) is 0 Å². The molecule has 0 bridgehead atoms. The molecule has 4 nitrogen and oxygen atoms in total. The molecule has 1 heterocycles. The van der Waals surface area contributed by atoms with E-state index in [2.05, 4.69) is 15.3 Å². The van der Waals surface area contributed by atoms with E-state index in [1.165, 1.54) is 6.07 Å². The molecule has 1 aromatic carbocycles. The van der Waals surface area contributed by atoms with Gasteiger partial charge < -0.3 is 10.1 Å². The minimum atomic E-state index is -0.369. The molecule has 0 unspecified atom stereocenters. The van der Waals surface area contributed by atoms with E-state index >= 15 is 0 Å². The van der Waals surface area contributed by atoms with Gasteiger partial charge in [0.1, 0.15) is 6.61 Å². The lowest BCUT2D eigenvalue weighted by molar-refractivity contribution is 0.277. The Hall–Kier alpha value is -2.01. The second kappa shape index (κ2) is 6.80. The monoisotopic (exact) mass is 261 g/mol. The second-order valence-electron chi connectivity index (χ2n) is 3.96. The summed E-state index contributed by atoms with van der Waals surface area (Å²) in [6, 6.07) is 6.63. The number of para-hydroxylation sites is 1. The Labute approximate surface area is 111 Å². The smallest absolute Gasteiger partial charge is 0.166 e. The molecule has 19 heavy (non-hydrogen) atoms. The summed E-state index contributed by atoms with van der Waals surface area (Å²) in [5, 5.41) is 3.15. The summed E-state index contributed by atoms with van der Waals surface area (Å²) in [6.45, 7) is 3.54. The van der Waals surface area contributed by atoms with Crippen LogP contribution in [-0.2, 0) is 13.2 Å². The number of rotatable bonds is 6. The Morgan fingerprint density at radius 2 is 2.00 bits per heavy atom. The molecule has 2 rings (SSSR count). The van der Waals surface area contributed by atoms with Gasteiger partial charge in [-0.05, 0) is 18.7 Å². The highest BCUT2D eigenvalue weighted by atomic mass is 19.1. The molecule has 0 fully saturated rings. The molecule has 0 spiro atoms. The van der Waals surface area contributed by atoms with Crippen molar-refractivity contribution in [1.29, 1.82) is 0 Å². The van der Waals surface area contributed by atoms with Crippen molar-refractivity contribution < 1.29 is 9.13 Å². The summed E-state index contributed by atoms with van der Waals surface area (Å²) < 4.78 is 19.3. The first-order valence-corrected chi connectivity index (χ1v) is 6.18. The minimum absolute atomic E-state index is 0.154. The Morgan fingerprint density at radius 3 is 2.74 bits per heavy atom. The van der Waals surface area contributed by atoms with Crippen LogP contribution < -0.4 is 10.1 Å². The summed E-state index contributed by atoms with van der Waals surface area (Å²) in [5.74, 6) is 0.419. The van der Waals surface area contributed by atoms with Gasteiger partial charge >= 0.3 is 0 Å². The van der Waals surface area contributed by atoms with Crippen LogP contribution in [0, 0.1) is 5.82 Å². The third-order valence-electron chi connectivity index (χ3n) is 2.58. The van der Waals surface area contributed by atoms with E-state index in [1.807, 2.05) is 13.0 Å². The van der Waals surface area contributed by atoms with E-state index in [9.17, 15) is 4.39 Å². The Kier molecular flexibility index (Phi) is 4.80. The SMILES string of the molecule is CCNCc1cccc(F)c1OCc1ncccn1. The molecule has 0 radical (unpaired) electrons. The average molecular weight is 261 g/mol. The first kappa shape index (κ1) is 13.4. The molecule has 1 aromatic heterocycles. The predicted octanol–water partition coefficient (Wildman–Crippen LogP) is 2.30. The molecule has 0 saturated carbocycles. The number of halogens is 1. The van der Waals surface area contributed by atoms with Gasteiger partial charge in [-0.2, -0.15) is 0 Å². The number of nitrogens with zero attached hydrogens (tertiary/aromatic N) is 2. The molecule has 1 N–H and O–H groups in total. The maximum atomic E-state index is 13.8. The molecule has 0 aliphatic carbocycles. The standard InChI is InChI=1S/C14H16FN3O/c1-2-16-9-11-5-3-6-12(15)14(11)19-10-13-17-7-4-8-18-13/h3-8,16H,2,9-10H2,1H3. The van der Waals surface area contributed by atoms with Crippen molar-refractivity contribution in [3.05, 3.63) is 53.9 Å². The molecule has 0 aliphatic rings. The number of hydrogen-bond acceptors (Lipinski definition) is 4. The quantitative estimate of drug-likeness (QED) is 0.866. The molecule has 2 aromatic rings. The minimum Gasteiger partial charge on any atom is -0.482 e. The van der Waals surface area contributed by atoms with Gasteiger partial charge in [0.05, 0.1) is 0 Å². The Morgan fingerprint density at radius 1 is 1.21 bits per heavy atom. The van der Waals surface area contributed by atoms with E-state index in [-0.39, 0.29) is 18.2 Å². The molecule has 0 atom stereocenters. The maximum absolute atomic E-state index is 13.8. The fourth-order valence-electron chi connectivity index (χ4n) is 1.66. The van der Waals surface area contributed by atoms with Gasteiger partial charge in [0, 0.05) is 24.5 Å². The van der Waals surface area contributed by atoms with E-state index < -0.39 is 0 Å². The largest absolute Gasteiger partial charge is 0.482 e. The lowest BCUT2D eigenvalue weighted by Crippen LogP contribution is -2.13. The summed E-state index contributed by atoms with van der Waals surface area (Å²) in [7, 11) is 0. The Bertz CT molecular complexity index is 519. The van der Waals surface area contributed by atoms with Crippen molar-refractivity contribution in [3.63, 3.8) is 0 Å². The van der Waals surface area contributed by atoms with Crippen molar-refractivity contribution in [2.45, 2.75) is 20.1 Å². The summed E-state index contributed by atoms with van der Waals surface area (Å²) >= 11 is 0. The fraction of sp³-hybridized carbons (Fsp3) is 0.286. The zero-order valence-corrected chi connectivity index (χ0v) is 10.8. The number of nitrogens with one attached hydrogen (secondary N) is 1. The molecule has 0 aliphatic heterocycles. The van der Waals surface area contributed by atoms with Gasteiger partial charge in [-0.15, -0.1) is 0 Å². The van der Waals surface area contributed by atoms with Crippen LogP contribution in [0.3, 0.4) is 0 Å². The molecule has 0 saturated heterocycles. The van der Waals surface area contributed by atoms with Gasteiger partial charge in [-0.1, -0.05) is 19.1 Å².